The molecule has 14 nitrogen and oxygen atoms in total. The van der Waals surface area contributed by atoms with Crippen LogP contribution in [0.5, 0.6) is 17.2 Å². The summed E-state index contributed by atoms with van der Waals surface area (Å²) in [5, 5.41) is 31.3. The molecule has 0 unspecified atom stereocenters. The Morgan fingerprint density at radius 1 is 1.13 bits per heavy atom. The number of rotatable bonds is 14. The number of nitro benzene ring substituents is 1. The summed E-state index contributed by atoms with van der Waals surface area (Å²) in [6.45, 7) is 3.50. The molecule has 0 fully saturated rings. The smallest absolute Gasteiger partial charge is 0.337 e. The molecule has 16 heteroatoms. The fraction of sp³-hybridized carbons (Fsp3) is 0.258. The van der Waals surface area contributed by atoms with Crippen molar-refractivity contribution in [2.24, 2.45) is 5.10 Å². The first-order valence-corrected chi connectivity index (χ1v) is 14.8. The van der Waals surface area contributed by atoms with Crippen LogP contribution in [0.1, 0.15) is 36.6 Å². The van der Waals surface area contributed by atoms with Gasteiger partial charge in [0.05, 0.1) is 41.5 Å². The summed E-state index contributed by atoms with van der Waals surface area (Å²) in [6.07, 6.45) is 0.0913. The number of aliphatic hydroxyl groups is 1. The summed E-state index contributed by atoms with van der Waals surface area (Å²) >= 11 is 12.5. The third kappa shape index (κ3) is 9.03. The quantitative estimate of drug-likeness (QED) is 0.0591. The molecule has 1 heterocycles. The molecule has 0 aromatic heterocycles. The molecule has 0 spiro atoms. The number of methoxy groups -OCH3 is 1. The van der Waals surface area contributed by atoms with Crippen LogP contribution in [-0.4, -0.2) is 54.8 Å². The second-order valence-corrected chi connectivity index (χ2v) is 10.8. The average molecular weight is 689 g/mol. The molecule has 47 heavy (non-hydrogen) atoms. The number of amides is 2. The minimum atomic E-state index is -1.26. The zero-order chi connectivity index (χ0) is 34.1. The normalized spacial score (nSPS) is 15.0. The Morgan fingerprint density at radius 2 is 1.87 bits per heavy atom. The van der Waals surface area contributed by atoms with E-state index in [4.69, 9.17) is 42.1 Å². The van der Waals surface area contributed by atoms with Crippen molar-refractivity contribution >= 4 is 47.1 Å². The fourth-order valence-corrected chi connectivity index (χ4v) is 5.08. The molecule has 2 amide bonds. The van der Waals surface area contributed by atoms with Crippen molar-refractivity contribution in [2.75, 3.05) is 20.3 Å². The fourth-order valence-electron chi connectivity index (χ4n) is 4.51. The lowest BCUT2D eigenvalue weighted by Gasteiger charge is -2.28. The molecule has 3 aromatic rings. The summed E-state index contributed by atoms with van der Waals surface area (Å²) in [5.41, 5.74) is 4.73. The van der Waals surface area contributed by atoms with Crippen LogP contribution < -0.4 is 30.3 Å². The number of carbonyl (C=O) groups excluding carboxylic acids is 2. The number of ether oxygens (including phenoxy) is 4. The van der Waals surface area contributed by atoms with Crippen LogP contribution >= 0.6 is 23.2 Å². The molecule has 0 saturated carbocycles. The van der Waals surface area contributed by atoms with Crippen molar-refractivity contribution in [3.63, 3.8) is 0 Å². The zero-order valence-electron chi connectivity index (χ0n) is 25.4. The summed E-state index contributed by atoms with van der Waals surface area (Å²) in [4.78, 5) is 35.0. The number of hydrogen-bond donors (Lipinski definition) is 4. The van der Waals surface area contributed by atoms with Crippen LogP contribution in [0, 0.1) is 10.1 Å². The molecule has 1 aliphatic rings. The van der Waals surface area contributed by atoms with Crippen molar-refractivity contribution in [3.05, 3.63) is 103 Å². The SMILES string of the molecule is CCOc1cc([C@@H]2NC(=O)NC(C)=C2C(=O)OC)ccc1OC[C@@H](O)N/N=C/c1cc(Cl)cc(Cl)c1OCc1ccc([N+](=O)[O-])cc1. The molecular weight excluding hydrogens is 657 g/mol. The number of halogens is 2. The van der Waals surface area contributed by atoms with Gasteiger partial charge >= 0.3 is 12.0 Å². The van der Waals surface area contributed by atoms with Gasteiger partial charge in [-0.3, -0.25) is 15.5 Å². The van der Waals surface area contributed by atoms with Crippen molar-refractivity contribution in [1.29, 1.82) is 0 Å². The summed E-state index contributed by atoms with van der Waals surface area (Å²) in [6, 6.07) is 12.6. The Hall–Kier alpha value is -5.05. The molecule has 3 aromatic carbocycles. The summed E-state index contributed by atoms with van der Waals surface area (Å²) < 4.78 is 22.3. The van der Waals surface area contributed by atoms with Crippen LogP contribution in [0.15, 0.2) is 71.0 Å². The number of esters is 1. The van der Waals surface area contributed by atoms with Crippen LogP contribution in [0.25, 0.3) is 0 Å². The maximum atomic E-state index is 12.5. The number of carbonyl (C=O) groups is 2. The van der Waals surface area contributed by atoms with Gasteiger partial charge in [0, 0.05) is 28.4 Å². The Labute approximate surface area is 279 Å². The number of nitro groups is 1. The Morgan fingerprint density at radius 3 is 2.55 bits per heavy atom. The van der Waals surface area contributed by atoms with Gasteiger partial charge in [0.2, 0.25) is 0 Å². The minimum absolute atomic E-state index is 0.0419. The molecule has 0 saturated heterocycles. The van der Waals surface area contributed by atoms with E-state index in [-0.39, 0.29) is 35.2 Å². The van der Waals surface area contributed by atoms with Gasteiger partial charge in [-0.1, -0.05) is 29.3 Å². The third-order valence-corrected chi connectivity index (χ3v) is 7.17. The third-order valence-electron chi connectivity index (χ3n) is 6.67. The largest absolute Gasteiger partial charge is 0.490 e. The van der Waals surface area contributed by atoms with Crippen LogP contribution in [0.3, 0.4) is 0 Å². The summed E-state index contributed by atoms with van der Waals surface area (Å²) in [5.74, 6) is 0.275. The topological polar surface area (TPSA) is 183 Å². The van der Waals surface area contributed by atoms with Gasteiger partial charge in [-0.05, 0) is 61.4 Å². The number of nitrogens with zero attached hydrogens (tertiary/aromatic N) is 2. The van der Waals surface area contributed by atoms with Crippen LogP contribution in [0.2, 0.25) is 10.0 Å². The van der Waals surface area contributed by atoms with Crippen molar-refractivity contribution < 1.29 is 38.6 Å². The Kier molecular flexibility index (Phi) is 11.8. The lowest BCUT2D eigenvalue weighted by molar-refractivity contribution is -0.384. The Balaban J connectivity index is 1.42. The second-order valence-electron chi connectivity index (χ2n) is 9.93. The van der Waals surface area contributed by atoms with E-state index in [2.05, 4.69) is 21.2 Å². The van der Waals surface area contributed by atoms with Gasteiger partial charge in [-0.25, -0.2) is 9.59 Å². The highest BCUT2D eigenvalue weighted by molar-refractivity contribution is 6.36. The highest BCUT2D eigenvalue weighted by atomic mass is 35.5. The highest BCUT2D eigenvalue weighted by Gasteiger charge is 2.32. The lowest BCUT2D eigenvalue weighted by Crippen LogP contribution is -2.45. The number of benzene rings is 3. The van der Waals surface area contributed by atoms with Crippen molar-refractivity contribution in [3.8, 4) is 17.2 Å². The molecular formula is C31H31Cl2N5O9. The molecule has 4 N–H and O–H groups in total. The monoisotopic (exact) mass is 687 g/mol. The van der Waals surface area contributed by atoms with Crippen LogP contribution in [0.4, 0.5) is 10.5 Å². The van der Waals surface area contributed by atoms with Crippen LogP contribution in [-0.2, 0) is 16.1 Å². The molecule has 0 aliphatic carbocycles. The van der Waals surface area contributed by atoms with E-state index in [1.807, 2.05) is 0 Å². The van der Waals surface area contributed by atoms with Gasteiger partial charge in [0.25, 0.3) is 5.69 Å². The average Bonchev–Trinajstić information content (AvgIpc) is 3.03. The first kappa shape index (κ1) is 34.8. The predicted molar refractivity (Wildman–Crippen MR) is 173 cm³/mol. The van der Waals surface area contributed by atoms with E-state index in [9.17, 15) is 24.8 Å². The van der Waals surface area contributed by atoms with Gasteiger partial charge in [0.15, 0.2) is 17.7 Å². The number of allylic oxidation sites excluding steroid dienone is 1. The Bertz CT molecular complexity index is 1700. The number of nitrogens with one attached hydrogen (secondary N) is 3. The highest BCUT2D eigenvalue weighted by Crippen LogP contribution is 2.35. The molecule has 0 radical (unpaired) electrons. The van der Waals surface area contributed by atoms with E-state index >= 15 is 0 Å². The maximum Gasteiger partial charge on any atom is 0.337 e. The molecule has 0 bridgehead atoms. The number of non-ortho nitro benzene ring substituents is 1. The van der Waals surface area contributed by atoms with E-state index in [0.717, 1.165) is 0 Å². The number of hydrazone groups is 1. The number of hydrogen-bond acceptors (Lipinski definition) is 11. The minimum Gasteiger partial charge on any atom is -0.490 e. The standard InChI is InChI=1S/C31H31Cl2N5O9/c1-4-45-25-12-19(28-27(30(40)44-3)17(2)35-31(41)36-28)7-10-24(25)46-16-26(39)37-34-14-20-11-21(32)13-23(33)29(20)47-15-18-5-8-22(9-6-18)38(42)43/h5-14,26,28,37,39H,4,15-16H2,1-3H3,(H2,35,36,41)/b34-14+/t26-,28+/m1/s1. The maximum absolute atomic E-state index is 12.5. The van der Waals surface area contributed by atoms with E-state index in [1.165, 1.54) is 31.5 Å². The molecule has 4 rings (SSSR count). The lowest BCUT2D eigenvalue weighted by atomic mass is 9.95. The van der Waals surface area contributed by atoms with E-state index in [1.54, 1.807) is 50.2 Å². The molecule has 248 valence electrons. The van der Waals surface area contributed by atoms with Gasteiger partial charge in [-0.2, -0.15) is 5.10 Å². The second kappa shape index (κ2) is 16.0. The van der Waals surface area contributed by atoms with Gasteiger partial charge < -0.3 is 34.7 Å². The first-order valence-electron chi connectivity index (χ1n) is 14.1. The zero-order valence-corrected chi connectivity index (χ0v) is 26.9. The number of aliphatic hydroxyl groups excluding tert-OH is 1. The summed E-state index contributed by atoms with van der Waals surface area (Å²) in [7, 11) is 1.25. The van der Waals surface area contributed by atoms with Crippen molar-refractivity contribution in [2.45, 2.75) is 32.7 Å². The van der Waals surface area contributed by atoms with Crippen molar-refractivity contribution in [1.82, 2.24) is 16.1 Å². The first-order chi connectivity index (χ1) is 22.5. The van der Waals surface area contributed by atoms with E-state index < -0.39 is 29.2 Å². The molecule has 2 atom stereocenters. The predicted octanol–water partition coefficient (Wildman–Crippen LogP) is 5.00. The van der Waals surface area contributed by atoms with Gasteiger partial charge in [0.1, 0.15) is 19.0 Å². The molecule has 1 aliphatic heterocycles. The van der Waals surface area contributed by atoms with Gasteiger partial charge in [-0.15, -0.1) is 0 Å². The number of urea groups is 1. The van der Waals surface area contributed by atoms with E-state index in [0.29, 0.717) is 45.5 Å².